The lowest BCUT2D eigenvalue weighted by Crippen LogP contribution is -2.64. The van der Waals surface area contributed by atoms with Crippen molar-refractivity contribution in [3.05, 3.63) is 12.7 Å². The maximum Gasteiger partial charge on any atom is 0.416 e. The van der Waals surface area contributed by atoms with Crippen molar-refractivity contribution >= 4 is 0 Å². The molecule has 34 heavy (non-hydrogen) atoms. The van der Waals surface area contributed by atoms with Crippen molar-refractivity contribution < 1.29 is 23.4 Å². The molecule has 4 saturated carbocycles. The minimum atomic E-state index is -4.58. The first kappa shape index (κ1) is 26.5. The number of aliphatic hydroxyl groups is 2. The molecule has 4 fully saturated rings. The average Bonchev–Trinajstić information content (AvgIpc) is 3.01. The Balaban J connectivity index is 1.58. The van der Waals surface area contributed by atoms with Gasteiger partial charge in [-0.1, -0.05) is 26.8 Å². The third-order valence-corrected chi connectivity index (χ3v) is 12.4. The Morgan fingerprint density at radius 2 is 1.59 bits per heavy atom. The normalized spacial score (nSPS) is 50.6. The van der Waals surface area contributed by atoms with Crippen LogP contribution in [0.15, 0.2) is 12.7 Å². The van der Waals surface area contributed by atoms with Gasteiger partial charge in [0.2, 0.25) is 0 Å². The summed E-state index contributed by atoms with van der Waals surface area (Å²) in [4.78, 5) is 0. The Kier molecular flexibility index (Phi) is 6.22. The zero-order valence-corrected chi connectivity index (χ0v) is 22.0. The van der Waals surface area contributed by atoms with Crippen LogP contribution >= 0.6 is 0 Å². The lowest BCUT2D eigenvalue weighted by Gasteiger charge is -2.70. The largest absolute Gasteiger partial charge is 0.416 e. The molecular formula is C29H47F3O2. The van der Waals surface area contributed by atoms with Gasteiger partial charge in [0.1, 0.15) is 0 Å². The summed E-state index contributed by atoms with van der Waals surface area (Å²) in [5, 5.41) is 20.7. The summed E-state index contributed by atoms with van der Waals surface area (Å²) in [6.07, 6.45) is 8.07. The van der Waals surface area contributed by atoms with Gasteiger partial charge in [-0.3, -0.25) is 0 Å². The summed E-state index contributed by atoms with van der Waals surface area (Å²) in [7, 11) is 0. The summed E-state index contributed by atoms with van der Waals surface area (Å²) < 4.78 is 39.5. The van der Waals surface area contributed by atoms with Crippen LogP contribution in [0.4, 0.5) is 13.2 Å². The first-order chi connectivity index (χ1) is 15.5. The van der Waals surface area contributed by atoms with Crippen molar-refractivity contribution in [3.8, 4) is 0 Å². The first-order valence-corrected chi connectivity index (χ1v) is 13.6. The molecule has 0 radical (unpaired) electrons. The number of halogens is 3. The monoisotopic (exact) mass is 484 g/mol. The predicted molar refractivity (Wildman–Crippen MR) is 130 cm³/mol. The molecule has 4 aliphatic rings. The van der Waals surface area contributed by atoms with Gasteiger partial charge in [0.05, 0.1) is 5.60 Å². The molecule has 4 aliphatic carbocycles. The van der Waals surface area contributed by atoms with E-state index in [9.17, 15) is 23.4 Å². The first-order valence-electron chi connectivity index (χ1n) is 13.6. The van der Waals surface area contributed by atoms with E-state index in [1.807, 2.05) is 6.92 Å². The van der Waals surface area contributed by atoms with Crippen molar-refractivity contribution in [3.63, 3.8) is 0 Å². The van der Waals surface area contributed by atoms with Crippen molar-refractivity contribution in [2.45, 2.75) is 129 Å². The molecule has 0 aliphatic heterocycles. The van der Waals surface area contributed by atoms with E-state index in [4.69, 9.17) is 0 Å². The Morgan fingerprint density at radius 3 is 2.21 bits per heavy atom. The fraction of sp³-hybridized carbons (Fsp3) is 0.931. The van der Waals surface area contributed by atoms with Crippen LogP contribution in [-0.2, 0) is 0 Å². The molecule has 0 aromatic heterocycles. The Bertz CT molecular complexity index is 804. The van der Waals surface area contributed by atoms with Crippen LogP contribution < -0.4 is 0 Å². The molecule has 0 aromatic rings. The molecule has 196 valence electrons. The number of hydrogen-bond acceptors (Lipinski definition) is 2. The number of rotatable bonds is 5. The Hall–Kier alpha value is -0.550. The van der Waals surface area contributed by atoms with E-state index in [1.54, 1.807) is 0 Å². The van der Waals surface area contributed by atoms with Crippen molar-refractivity contribution in [2.24, 2.45) is 39.4 Å². The molecule has 9 atom stereocenters. The Labute approximate surface area is 204 Å². The minimum Gasteiger partial charge on any atom is -0.390 e. The second-order valence-electron chi connectivity index (χ2n) is 13.9. The molecule has 2 N–H and O–H groups in total. The van der Waals surface area contributed by atoms with Crippen molar-refractivity contribution in [2.75, 3.05) is 0 Å². The zero-order chi connectivity index (χ0) is 25.4. The van der Waals surface area contributed by atoms with E-state index >= 15 is 0 Å². The number of allylic oxidation sites excluding steroid dienone is 1. The van der Waals surface area contributed by atoms with Gasteiger partial charge in [0, 0.05) is 0 Å². The van der Waals surface area contributed by atoms with Crippen LogP contribution in [-0.4, -0.2) is 27.6 Å². The van der Waals surface area contributed by atoms with Crippen LogP contribution in [0, 0.1) is 39.4 Å². The van der Waals surface area contributed by atoms with E-state index in [-0.39, 0.29) is 28.1 Å². The molecule has 0 aromatic carbocycles. The molecular weight excluding hydrogens is 437 g/mol. The van der Waals surface area contributed by atoms with Crippen molar-refractivity contribution in [1.82, 2.24) is 0 Å². The van der Waals surface area contributed by atoms with Crippen LogP contribution in [0.3, 0.4) is 0 Å². The summed E-state index contributed by atoms with van der Waals surface area (Å²) in [5.74, 6) is 1.51. The maximum atomic E-state index is 13.2. The van der Waals surface area contributed by atoms with Crippen LogP contribution in [0.2, 0.25) is 0 Å². The van der Waals surface area contributed by atoms with Gasteiger partial charge in [-0.15, -0.1) is 6.58 Å². The van der Waals surface area contributed by atoms with Gasteiger partial charge >= 0.3 is 6.18 Å². The number of alkyl halides is 3. The van der Waals surface area contributed by atoms with E-state index in [0.29, 0.717) is 24.2 Å². The van der Waals surface area contributed by atoms with Gasteiger partial charge < -0.3 is 10.2 Å². The van der Waals surface area contributed by atoms with E-state index < -0.39 is 17.4 Å². The SMILES string of the molecule is C=CC12CCC(CCCC(C)(O)C(F)(F)F)C1(C)CCC1C3(C)CCC(C)(O)CC3CCC12C. The predicted octanol–water partition coefficient (Wildman–Crippen LogP) is 7.83. The molecule has 5 heteroatoms. The molecule has 9 unspecified atom stereocenters. The quantitative estimate of drug-likeness (QED) is 0.390. The van der Waals surface area contributed by atoms with Gasteiger partial charge in [0.25, 0.3) is 0 Å². The molecule has 2 nitrogen and oxygen atoms in total. The highest BCUT2D eigenvalue weighted by Gasteiger charge is 2.71. The van der Waals surface area contributed by atoms with Gasteiger partial charge in [-0.25, -0.2) is 0 Å². The van der Waals surface area contributed by atoms with E-state index in [0.717, 1.165) is 71.1 Å². The zero-order valence-electron chi connectivity index (χ0n) is 22.0. The molecule has 0 saturated heterocycles. The second-order valence-corrected chi connectivity index (χ2v) is 13.9. The molecule has 0 amide bonds. The fourth-order valence-electron chi connectivity index (χ4n) is 10.1. The van der Waals surface area contributed by atoms with E-state index in [2.05, 4.69) is 33.4 Å². The smallest absolute Gasteiger partial charge is 0.390 e. The van der Waals surface area contributed by atoms with Gasteiger partial charge in [-0.2, -0.15) is 13.2 Å². The number of fused-ring (bicyclic) bond motifs is 5. The number of hydrogen-bond donors (Lipinski definition) is 2. The summed E-state index contributed by atoms with van der Waals surface area (Å²) in [6.45, 7) is 14.7. The lowest BCUT2D eigenvalue weighted by atomic mass is 9.34. The van der Waals surface area contributed by atoms with Crippen molar-refractivity contribution in [1.29, 1.82) is 0 Å². The Morgan fingerprint density at radius 1 is 0.941 bits per heavy atom. The standard InChI is InChI=1S/C29H47F3O2/c1-7-28-16-11-20(9-8-13-27(6,34)29(30,31)32)25(28,4)15-12-22-24(3)18-17-23(2,33)19-21(24)10-14-26(22,28)5/h7,20-22,33-34H,1,8-19H2,2-6H3. The lowest BCUT2D eigenvalue weighted by molar-refractivity contribution is -0.255. The highest BCUT2D eigenvalue weighted by atomic mass is 19.4. The molecule has 0 bridgehead atoms. The second kappa shape index (κ2) is 7.97. The maximum absolute atomic E-state index is 13.2. The molecule has 4 rings (SSSR count). The summed E-state index contributed by atoms with van der Waals surface area (Å²) in [5.41, 5.74) is -2.77. The van der Waals surface area contributed by atoms with Gasteiger partial charge in [0.15, 0.2) is 5.60 Å². The fourth-order valence-corrected chi connectivity index (χ4v) is 10.1. The van der Waals surface area contributed by atoms with Crippen LogP contribution in [0.25, 0.3) is 0 Å². The van der Waals surface area contributed by atoms with Gasteiger partial charge in [-0.05, 0) is 130 Å². The molecule has 0 heterocycles. The highest BCUT2D eigenvalue weighted by molar-refractivity contribution is 5.25. The minimum absolute atomic E-state index is 0.00588. The van der Waals surface area contributed by atoms with Crippen LogP contribution in [0.5, 0.6) is 0 Å². The van der Waals surface area contributed by atoms with Crippen LogP contribution in [0.1, 0.15) is 112 Å². The third kappa shape index (κ3) is 3.56. The van der Waals surface area contributed by atoms with E-state index in [1.165, 1.54) is 0 Å². The third-order valence-electron chi connectivity index (χ3n) is 12.4. The summed E-state index contributed by atoms with van der Waals surface area (Å²) in [6, 6.07) is 0. The topological polar surface area (TPSA) is 40.5 Å². The average molecular weight is 485 g/mol. The molecule has 0 spiro atoms. The highest BCUT2D eigenvalue weighted by Crippen LogP contribution is 2.78. The summed E-state index contributed by atoms with van der Waals surface area (Å²) >= 11 is 0.